The highest BCUT2D eigenvalue weighted by Gasteiger charge is 2.39. The quantitative estimate of drug-likeness (QED) is 0.264. The van der Waals surface area contributed by atoms with Crippen molar-refractivity contribution in [2.75, 3.05) is 0 Å². The third kappa shape index (κ3) is 5.56. The second-order valence-electron chi connectivity index (χ2n) is 10.4. The van der Waals surface area contributed by atoms with E-state index in [0.29, 0.717) is 12.2 Å². The fourth-order valence-corrected chi connectivity index (χ4v) is 4.78. The Bertz CT molecular complexity index is 1120. The molecule has 33 heavy (non-hydrogen) atoms. The van der Waals surface area contributed by atoms with E-state index in [0.717, 1.165) is 23.3 Å². The molecule has 0 spiro atoms. The Balaban J connectivity index is 1.88. The third-order valence-corrected chi connectivity index (χ3v) is 11.2. The van der Waals surface area contributed by atoms with E-state index in [1.165, 1.54) is 27.8 Å². The van der Waals surface area contributed by atoms with E-state index in [-0.39, 0.29) is 5.04 Å². The van der Waals surface area contributed by atoms with E-state index in [1.807, 2.05) is 12.1 Å². The minimum Gasteiger partial charge on any atom is -0.543 e. The first-order chi connectivity index (χ1) is 15.4. The SMILES string of the molecule is Cc1cc(O[Si](C)(C)C(C)(C)C)cc(C)c1-c1cccc(COc2ccc(C=O)cc2)c1C. The number of hydrogen-bond donors (Lipinski definition) is 0. The average Bonchev–Trinajstić information content (AvgIpc) is 2.73. The summed E-state index contributed by atoms with van der Waals surface area (Å²) in [7, 11) is -1.89. The Labute approximate surface area is 199 Å². The van der Waals surface area contributed by atoms with Crippen molar-refractivity contribution >= 4 is 14.6 Å². The lowest BCUT2D eigenvalue weighted by molar-refractivity contribution is 0.112. The number of ether oxygens (including phenoxy) is 1. The molecular formula is C29H36O3Si. The molecule has 0 radical (unpaired) electrons. The standard InChI is InChI=1S/C29H36O3Si/c1-20-16-26(32-33(7,8)29(4,5)6)17-21(2)28(20)27-11-9-10-24(22(27)3)19-31-25-14-12-23(18-30)13-15-25/h9-18H,19H2,1-8H3. The van der Waals surface area contributed by atoms with E-state index in [4.69, 9.17) is 9.16 Å². The van der Waals surface area contributed by atoms with Crippen LogP contribution < -0.4 is 9.16 Å². The summed E-state index contributed by atoms with van der Waals surface area (Å²) in [5.74, 6) is 1.72. The first kappa shape index (κ1) is 24.8. The summed E-state index contributed by atoms with van der Waals surface area (Å²) < 4.78 is 12.6. The van der Waals surface area contributed by atoms with E-state index in [1.54, 1.807) is 12.1 Å². The summed E-state index contributed by atoms with van der Waals surface area (Å²) in [5, 5.41) is 0.159. The number of rotatable bonds is 7. The zero-order valence-electron chi connectivity index (χ0n) is 21.2. The van der Waals surface area contributed by atoms with Crippen LogP contribution in [0.5, 0.6) is 11.5 Å². The number of aldehydes is 1. The molecule has 0 N–H and O–H groups in total. The van der Waals surface area contributed by atoms with Crippen molar-refractivity contribution in [2.24, 2.45) is 0 Å². The first-order valence-electron chi connectivity index (χ1n) is 11.5. The van der Waals surface area contributed by atoms with Gasteiger partial charge in [-0.2, -0.15) is 0 Å². The van der Waals surface area contributed by atoms with E-state index >= 15 is 0 Å². The zero-order valence-corrected chi connectivity index (χ0v) is 22.2. The number of carbonyl (C=O) groups excluding carboxylic acids is 1. The van der Waals surface area contributed by atoms with Crippen molar-refractivity contribution in [2.45, 2.75) is 66.3 Å². The Kier molecular flexibility index (Phi) is 7.18. The summed E-state index contributed by atoms with van der Waals surface area (Å²) >= 11 is 0. The fourth-order valence-electron chi connectivity index (χ4n) is 3.77. The topological polar surface area (TPSA) is 35.5 Å². The van der Waals surface area contributed by atoms with Gasteiger partial charge in [0.15, 0.2) is 0 Å². The molecule has 0 heterocycles. The Morgan fingerprint density at radius 1 is 0.879 bits per heavy atom. The molecule has 0 atom stereocenters. The first-order valence-corrected chi connectivity index (χ1v) is 14.4. The maximum atomic E-state index is 10.9. The van der Waals surface area contributed by atoms with Crippen molar-refractivity contribution in [3.8, 4) is 22.6 Å². The van der Waals surface area contributed by atoms with Crippen LogP contribution >= 0.6 is 0 Å². The molecule has 3 nitrogen and oxygen atoms in total. The number of aryl methyl sites for hydroxylation is 2. The molecule has 3 aromatic rings. The molecule has 3 rings (SSSR count). The van der Waals surface area contributed by atoms with Gasteiger partial charge in [-0.15, -0.1) is 0 Å². The summed E-state index contributed by atoms with van der Waals surface area (Å²) in [5.41, 5.74) is 7.92. The lowest BCUT2D eigenvalue weighted by Crippen LogP contribution is -2.43. The van der Waals surface area contributed by atoms with Gasteiger partial charge in [-0.3, -0.25) is 4.79 Å². The smallest absolute Gasteiger partial charge is 0.250 e. The molecule has 3 aromatic carbocycles. The van der Waals surface area contributed by atoms with Gasteiger partial charge < -0.3 is 9.16 Å². The molecule has 0 aliphatic heterocycles. The Morgan fingerprint density at radius 3 is 2.03 bits per heavy atom. The second-order valence-corrected chi connectivity index (χ2v) is 15.1. The molecular weight excluding hydrogens is 424 g/mol. The average molecular weight is 461 g/mol. The lowest BCUT2D eigenvalue weighted by Gasteiger charge is -2.36. The highest BCUT2D eigenvalue weighted by atomic mass is 28.4. The van der Waals surface area contributed by atoms with E-state index in [9.17, 15) is 4.79 Å². The molecule has 0 fully saturated rings. The van der Waals surface area contributed by atoms with Crippen LogP contribution in [0, 0.1) is 20.8 Å². The van der Waals surface area contributed by atoms with Gasteiger partial charge in [0.05, 0.1) is 0 Å². The van der Waals surface area contributed by atoms with Crippen molar-refractivity contribution in [3.05, 3.63) is 82.4 Å². The van der Waals surface area contributed by atoms with Crippen LogP contribution in [0.4, 0.5) is 0 Å². The summed E-state index contributed by atoms with van der Waals surface area (Å²) in [4.78, 5) is 10.9. The molecule has 0 unspecified atom stereocenters. The normalized spacial score (nSPS) is 11.9. The van der Waals surface area contributed by atoms with Crippen LogP contribution in [-0.4, -0.2) is 14.6 Å². The zero-order chi connectivity index (χ0) is 24.4. The van der Waals surface area contributed by atoms with Gasteiger partial charge in [0.25, 0.3) is 0 Å². The summed E-state index contributed by atoms with van der Waals surface area (Å²) in [6, 6.07) is 17.9. The third-order valence-electron chi connectivity index (χ3n) is 6.81. The van der Waals surface area contributed by atoms with E-state index < -0.39 is 8.32 Å². The monoisotopic (exact) mass is 460 g/mol. The molecule has 0 saturated carbocycles. The van der Waals surface area contributed by atoms with Crippen molar-refractivity contribution in [1.82, 2.24) is 0 Å². The largest absolute Gasteiger partial charge is 0.543 e. The van der Waals surface area contributed by atoms with Gasteiger partial charge in [0.1, 0.15) is 24.4 Å². The summed E-state index contributed by atoms with van der Waals surface area (Å²) in [6.07, 6.45) is 0.838. The highest BCUT2D eigenvalue weighted by molar-refractivity contribution is 6.74. The molecule has 4 heteroatoms. The van der Waals surface area contributed by atoms with Crippen LogP contribution in [0.15, 0.2) is 54.6 Å². The van der Waals surface area contributed by atoms with Gasteiger partial charge in [0.2, 0.25) is 8.32 Å². The minimum atomic E-state index is -1.89. The fraction of sp³-hybridized carbons (Fsp3) is 0.345. The lowest BCUT2D eigenvalue weighted by atomic mass is 9.90. The van der Waals surface area contributed by atoms with Crippen molar-refractivity contribution < 1.29 is 14.0 Å². The van der Waals surface area contributed by atoms with Crippen LogP contribution in [0.25, 0.3) is 11.1 Å². The van der Waals surface area contributed by atoms with Crippen LogP contribution in [-0.2, 0) is 6.61 Å². The van der Waals surface area contributed by atoms with Gasteiger partial charge >= 0.3 is 0 Å². The highest BCUT2D eigenvalue weighted by Crippen LogP contribution is 2.40. The molecule has 174 valence electrons. The molecule has 0 aliphatic carbocycles. The number of carbonyl (C=O) groups is 1. The van der Waals surface area contributed by atoms with Crippen molar-refractivity contribution in [1.29, 1.82) is 0 Å². The van der Waals surface area contributed by atoms with Crippen molar-refractivity contribution in [3.63, 3.8) is 0 Å². The summed E-state index contributed by atoms with van der Waals surface area (Å²) in [6.45, 7) is 18.3. The number of hydrogen-bond acceptors (Lipinski definition) is 3. The van der Waals surface area contributed by atoms with Gasteiger partial charge in [-0.25, -0.2) is 0 Å². The predicted molar refractivity (Wildman–Crippen MR) is 140 cm³/mol. The molecule has 0 bridgehead atoms. The van der Waals surface area contributed by atoms with Crippen LogP contribution in [0.1, 0.15) is 53.4 Å². The molecule has 0 aromatic heterocycles. The Hall–Kier alpha value is -2.85. The van der Waals surface area contributed by atoms with Gasteiger partial charge in [0, 0.05) is 5.56 Å². The van der Waals surface area contributed by atoms with Gasteiger partial charge in [-0.1, -0.05) is 39.0 Å². The van der Waals surface area contributed by atoms with Crippen LogP contribution in [0.3, 0.4) is 0 Å². The number of benzene rings is 3. The minimum absolute atomic E-state index is 0.159. The molecule has 0 saturated heterocycles. The van der Waals surface area contributed by atoms with Crippen LogP contribution in [0.2, 0.25) is 18.1 Å². The maximum Gasteiger partial charge on any atom is 0.250 e. The predicted octanol–water partition coefficient (Wildman–Crippen LogP) is 8.05. The van der Waals surface area contributed by atoms with Gasteiger partial charge in [-0.05, 0) is 109 Å². The Morgan fingerprint density at radius 2 is 1.48 bits per heavy atom. The molecule has 0 amide bonds. The maximum absolute atomic E-state index is 10.9. The van der Waals surface area contributed by atoms with E-state index in [2.05, 4.69) is 85.0 Å². The molecule has 0 aliphatic rings. The second kappa shape index (κ2) is 9.56.